The number of esters is 1. The van der Waals surface area contributed by atoms with Crippen LogP contribution in [0.2, 0.25) is 0 Å². The molecule has 1 aliphatic rings. The maximum atomic E-state index is 13.3. The number of fused-ring (bicyclic) bond motifs is 2. The van der Waals surface area contributed by atoms with Gasteiger partial charge >= 0.3 is 5.97 Å². The summed E-state index contributed by atoms with van der Waals surface area (Å²) in [5, 5.41) is 23.5. The van der Waals surface area contributed by atoms with Crippen LogP contribution in [0, 0.1) is 10.1 Å². The van der Waals surface area contributed by atoms with Gasteiger partial charge in [0.15, 0.2) is 11.2 Å². The monoisotopic (exact) mass is 431 g/mol. The van der Waals surface area contributed by atoms with E-state index in [0.717, 1.165) is 16.5 Å². The molecule has 2 N–H and O–H groups in total. The molecule has 0 fully saturated rings. The predicted octanol–water partition coefficient (Wildman–Crippen LogP) is 4.40. The number of rotatable bonds is 3. The highest BCUT2D eigenvalue weighted by molar-refractivity contribution is 6.06. The molecule has 32 heavy (non-hydrogen) atoms. The second kappa shape index (κ2) is 8.10. The van der Waals surface area contributed by atoms with E-state index in [2.05, 4.69) is 20.5 Å². The second-order valence-electron chi connectivity index (χ2n) is 6.90. The van der Waals surface area contributed by atoms with Crippen molar-refractivity contribution in [2.75, 3.05) is 12.4 Å². The molecule has 5 rings (SSSR count). The number of ether oxygens (including phenoxy) is 1. The first kappa shape index (κ1) is 21.0. The Hall–Kier alpha value is -4.27. The number of para-hydroxylation sites is 1. The van der Waals surface area contributed by atoms with E-state index in [1.807, 2.05) is 38.1 Å². The van der Waals surface area contributed by atoms with Crippen LogP contribution >= 0.6 is 0 Å². The molecule has 1 atom stereocenters. The number of nitrogens with one attached hydrogen (secondary N) is 2. The zero-order chi connectivity index (χ0) is 22.9. The van der Waals surface area contributed by atoms with Crippen molar-refractivity contribution >= 4 is 28.4 Å². The van der Waals surface area contributed by atoms with E-state index in [-0.39, 0.29) is 5.69 Å². The van der Waals surface area contributed by atoms with Crippen molar-refractivity contribution < 1.29 is 14.5 Å². The number of hydrogen-bond acceptors (Lipinski definition) is 7. The van der Waals surface area contributed by atoms with Gasteiger partial charge in [-0.15, -0.1) is 5.10 Å². The van der Waals surface area contributed by atoms with Crippen molar-refractivity contribution in [2.45, 2.75) is 19.4 Å². The lowest BCUT2D eigenvalue weighted by atomic mass is 9.82. The van der Waals surface area contributed by atoms with Gasteiger partial charge in [0.1, 0.15) is 0 Å². The highest BCUT2D eigenvalue weighted by Crippen LogP contribution is 2.47. The molecule has 4 aromatic rings. The Labute approximate surface area is 183 Å². The van der Waals surface area contributed by atoms with Crippen LogP contribution < -0.4 is 5.32 Å². The first-order valence-corrected chi connectivity index (χ1v) is 10.1. The van der Waals surface area contributed by atoms with E-state index in [0.29, 0.717) is 22.5 Å². The molecule has 2 aromatic heterocycles. The van der Waals surface area contributed by atoms with E-state index in [1.165, 1.54) is 19.2 Å². The van der Waals surface area contributed by atoms with E-state index < -0.39 is 16.4 Å². The molecule has 0 saturated heterocycles. The number of aromatic nitrogens is 3. The number of anilines is 1. The molecule has 0 aliphatic carbocycles. The largest absolute Gasteiger partial charge is 0.467 e. The first-order valence-electron chi connectivity index (χ1n) is 10.1. The topological polar surface area (TPSA) is 123 Å². The number of methoxy groups -OCH3 is 1. The number of non-ortho nitro benzene ring substituents is 1. The highest BCUT2D eigenvalue weighted by Gasteiger charge is 2.47. The van der Waals surface area contributed by atoms with Crippen molar-refractivity contribution in [3.05, 3.63) is 82.2 Å². The van der Waals surface area contributed by atoms with Gasteiger partial charge in [-0.2, -0.15) is 5.10 Å². The highest BCUT2D eigenvalue weighted by atomic mass is 16.6. The molecule has 0 bridgehead atoms. The number of nitro groups is 1. The lowest BCUT2D eigenvalue weighted by Gasteiger charge is -2.32. The summed E-state index contributed by atoms with van der Waals surface area (Å²) in [5.74, 6) is -0.559. The quantitative estimate of drug-likeness (QED) is 0.280. The van der Waals surface area contributed by atoms with Crippen molar-refractivity contribution in [1.82, 2.24) is 15.2 Å². The van der Waals surface area contributed by atoms with Gasteiger partial charge in [0.2, 0.25) is 0 Å². The fourth-order valence-corrected chi connectivity index (χ4v) is 4.06. The summed E-state index contributed by atoms with van der Waals surface area (Å²) in [5.41, 5.74) is 2.46. The zero-order valence-corrected chi connectivity index (χ0v) is 17.7. The molecule has 9 nitrogen and oxygen atoms in total. The standard InChI is InChI=1S/C21H15N5O4.C2H6/c1-30-20(27)21(12-6-8-13(9-7-12)26(28)29)16-11-22-19-18(16)15(10-23-25-19)14-4-2-3-5-17(14)24-21;1-2/h2-11,24H,1H3,(H,22,25);1-2H3. The molecule has 0 amide bonds. The van der Waals surface area contributed by atoms with Crippen molar-refractivity contribution in [3.63, 3.8) is 0 Å². The summed E-state index contributed by atoms with van der Waals surface area (Å²) in [6, 6.07) is 13.4. The van der Waals surface area contributed by atoms with Gasteiger partial charge in [-0.3, -0.25) is 10.1 Å². The Morgan fingerprint density at radius 3 is 2.50 bits per heavy atom. The van der Waals surface area contributed by atoms with E-state index in [4.69, 9.17) is 4.74 Å². The number of carbonyl (C=O) groups excluding carboxylic acids is 1. The molecule has 3 heterocycles. The van der Waals surface area contributed by atoms with Gasteiger partial charge in [0, 0.05) is 46.1 Å². The molecule has 1 unspecified atom stereocenters. The smallest absolute Gasteiger partial charge is 0.341 e. The van der Waals surface area contributed by atoms with Crippen molar-refractivity contribution in [2.24, 2.45) is 0 Å². The molecule has 0 spiro atoms. The average molecular weight is 431 g/mol. The van der Waals surface area contributed by atoms with Crippen LogP contribution in [0.1, 0.15) is 25.0 Å². The maximum Gasteiger partial charge on any atom is 0.341 e. The predicted molar refractivity (Wildman–Crippen MR) is 120 cm³/mol. The van der Waals surface area contributed by atoms with Crippen LogP contribution in [0.25, 0.3) is 22.2 Å². The van der Waals surface area contributed by atoms with E-state index >= 15 is 0 Å². The number of carbonyl (C=O) groups is 1. The van der Waals surface area contributed by atoms with Gasteiger partial charge < -0.3 is 15.0 Å². The van der Waals surface area contributed by atoms with Crippen LogP contribution in [0.5, 0.6) is 0 Å². The molecule has 9 heteroatoms. The minimum absolute atomic E-state index is 0.0710. The fourth-order valence-electron chi connectivity index (χ4n) is 4.06. The van der Waals surface area contributed by atoms with Crippen LogP contribution in [0.15, 0.2) is 60.9 Å². The molecule has 1 aliphatic heterocycles. The molecule has 0 saturated carbocycles. The summed E-state index contributed by atoms with van der Waals surface area (Å²) in [7, 11) is 1.31. The third-order valence-electron chi connectivity index (χ3n) is 5.42. The fraction of sp³-hybridized carbons (Fsp3) is 0.174. The number of nitro benzene ring substituents is 1. The SMILES string of the molecule is CC.COC(=O)C1(c2ccc([N+](=O)[O-])cc2)Nc2ccccc2-c2cnnc3[nH]cc1c23. The number of hydrogen-bond donors (Lipinski definition) is 2. The Balaban J connectivity index is 0.00000119. The van der Waals surface area contributed by atoms with Gasteiger partial charge in [0.05, 0.1) is 18.2 Å². The first-order chi connectivity index (χ1) is 15.6. The summed E-state index contributed by atoms with van der Waals surface area (Å²) < 4.78 is 5.23. The molecular formula is C23H21N5O4. The molecule has 162 valence electrons. The number of aromatic amines is 1. The average Bonchev–Trinajstić information content (AvgIpc) is 3.23. The van der Waals surface area contributed by atoms with Gasteiger partial charge in [-0.05, 0) is 23.8 Å². The van der Waals surface area contributed by atoms with Crippen LogP contribution in [0.4, 0.5) is 11.4 Å². The lowest BCUT2D eigenvalue weighted by molar-refractivity contribution is -0.384. The molecular weight excluding hydrogens is 410 g/mol. The Kier molecular flexibility index (Phi) is 5.31. The van der Waals surface area contributed by atoms with Gasteiger partial charge in [-0.1, -0.05) is 32.0 Å². The number of H-pyrrole nitrogens is 1. The third-order valence-corrected chi connectivity index (χ3v) is 5.42. The lowest BCUT2D eigenvalue weighted by Crippen LogP contribution is -2.45. The maximum absolute atomic E-state index is 13.3. The Morgan fingerprint density at radius 1 is 1.09 bits per heavy atom. The Morgan fingerprint density at radius 2 is 1.81 bits per heavy atom. The number of benzene rings is 2. The summed E-state index contributed by atoms with van der Waals surface area (Å²) >= 11 is 0. The van der Waals surface area contributed by atoms with Gasteiger partial charge in [0.25, 0.3) is 5.69 Å². The van der Waals surface area contributed by atoms with Crippen LogP contribution in [0.3, 0.4) is 0 Å². The summed E-state index contributed by atoms with van der Waals surface area (Å²) in [6.45, 7) is 4.00. The van der Waals surface area contributed by atoms with Crippen molar-refractivity contribution in [3.8, 4) is 11.1 Å². The minimum Gasteiger partial charge on any atom is -0.467 e. The van der Waals surface area contributed by atoms with E-state index in [1.54, 1.807) is 24.5 Å². The zero-order valence-electron chi connectivity index (χ0n) is 17.7. The molecule has 0 radical (unpaired) electrons. The Bertz CT molecular complexity index is 1320. The minimum atomic E-state index is -1.45. The van der Waals surface area contributed by atoms with Crippen molar-refractivity contribution in [1.29, 1.82) is 0 Å². The normalized spacial score (nSPS) is 16.1. The second-order valence-corrected chi connectivity index (χ2v) is 6.90. The van der Waals surface area contributed by atoms with Crippen LogP contribution in [-0.4, -0.2) is 33.2 Å². The molecule has 2 aromatic carbocycles. The number of nitrogens with zero attached hydrogens (tertiary/aromatic N) is 3. The summed E-state index contributed by atoms with van der Waals surface area (Å²) in [6.07, 6.45) is 3.35. The van der Waals surface area contributed by atoms with E-state index in [9.17, 15) is 14.9 Å². The van der Waals surface area contributed by atoms with Crippen LogP contribution in [-0.2, 0) is 15.1 Å². The van der Waals surface area contributed by atoms with Gasteiger partial charge in [-0.25, -0.2) is 4.79 Å². The summed E-state index contributed by atoms with van der Waals surface area (Å²) in [4.78, 5) is 27.1. The third kappa shape index (κ3) is 2.97.